The van der Waals surface area contributed by atoms with Crippen LogP contribution in [0.1, 0.15) is 35.7 Å². The normalized spacial score (nSPS) is 16.4. The van der Waals surface area contributed by atoms with Gasteiger partial charge < -0.3 is 10.2 Å². The van der Waals surface area contributed by atoms with Gasteiger partial charge in [0.05, 0.1) is 0 Å². The van der Waals surface area contributed by atoms with E-state index in [4.69, 9.17) is 0 Å². The molecule has 1 amide bonds. The summed E-state index contributed by atoms with van der Waals surface area (Å²) in [7, 11) is 0. The monoisotopic (exact) mass is 278 g/mol. The van der Waals surface area contributed by atoms with Gasteiger partial charge in [0, 0.05) is 18.7 Å². The molecular formula is C16H23FN2O. The largest absolute Gasteiger partial charge is 0.339 e. The number of nitrogens with one attached hydrogen (secondary N) is 1. The Balaban J connectivity index is 1.94. The number of benzene rings is 1. The SMILES string of the molecule is CCNCC1CCN(C(=O)c2cc(C)cc(F)c2)CC1. The standard InChI is InChI=1S/C16H23FN2O/c1-3-18-11-13-4-6-19(7-5-13)16(20)14-8-12(2)9-15(17)10-14/h8-10,13,18H,3-7,11H2,1-2H3. The van der Waals surface area contributed by atoms with E-state index in [1.54, 1.807) is 6.07 Å². The summed E-state index contributed by atoms with van der Waals surface area (Å²) in [5.74, 6) is 0.262. The van der Waals surface area contributed by atoms with E-state index in [2.05, 4.69) is 12.2 Å². The summed E-state index contributed by atoms with van der Waals surface area (Å²) in [6, 6.07) is 4.54. The molecule has 0 atom stereocenters. The zero-order valence-corrected chi connectivity index (χ0v) is 12.3. The van der Waals surface area contributed by atoms with Crippen LogP contribution in [-0.2, 0) is 0 Å². The van der Waals surface area contributed by atoms with Gasteiger partial charge in [0.2, 0.25) is 0 Å². The molecule has 1 N–H and O–H groups in total. The molecule has 1 aromatic carbocycles. The number of hydrogen-bond acceptors (Lipinski definition) is 2. The van der Waals surface area contributed by atoms with Crippen LogP contribution in [0.4, 0.5) is 4.39 Å². The molecular weight excluding hydrogens is 255 g/mol. The first-order chi connectivity index (χ1) is 9.60. The van der Waals surface area contributed by atoms with Crippen LogP contribution < -0.4 is 5.32 Å². The summed E-state index contributed by atoms with van der Waals surface area (Å²) < 4.78 is 13.4. The molecule has 3 nitrogen and oxygen atoms in total. The lowest BCUT2D eigenvalue weighted by Crippen LogP contribution is -2.40. The zero-order valence-electron chi connectivity index (χ0n) is 12.3. The molecule has 20 heavy (non-hydrogen) atoms. The van der Waals surface area contributed by atoms with Crippen molar-refractivity contribution in [3.63, 3.8) is 0 Å². The number of rotatable bonds is 4. The van der Waals surface area contributed by atoms with Gasteiger partial charge in [0.25, 0.3) is 5.91 Å². The molecule has 0 aliphatic carbocycles. The van der Waals surface area contributed by atoms with Crippen molar-refractivity contribution in [3.8, 4) is 0 Å². The Morgan fingerprint density at radius 3 is 2.65 bits per heavy atom. The third kappa shape index (κ3) is 3.79. The lowest BCUT2D eigenvalue weighted by atomic mass is 9.96. The van der Waals surface area contributed by atoms with Gasteiger partial charge in [0.15, 0.2) is 0 Å². The number of aryl methyl sites for hydroxylation is 1. The van der Waals surface area contributed by atoms with Crippen LogP contribution in [0.2, 0.25) is 0 Å². The smallest absolute Gasteiger partial charge is 0.253 e. The van der Waals surface area contributed by atoms with Gasteiger partial charge >= 0.3 is 0 Å². The highest BCUT2D eigenvalue weighted by Gasteiger charge is 2.23. The second-order valence-corrected chi connectivity index (χ2v) is 5.56. The third-order valence-corrected chi connectivity index (χ3v) is 3.87. The summed E-state index contributed by atoms with van der Waals surface area (Å²) in [5.41, 5.74) is 1.25. The lowest BCUT2D eigenvalue weighted by Gasteiger charge is -2.32. The van der Waals surface area contributed by atoms with Gasteiger partial charge in [-0.05, 0) is 62.5 Å². The van der Waals surface area contributed by atoms with E-state index < -0.39 is 0 Å². The highest BCUT2D eigenvalue weighted by atomic mass is 19.1. The minimum absolute atomic E-state index is 0.0468. The van der Waals surface area contributed by atoms with Crippen molar-refractivity contribution in [2.45, 2.75) is 26.7 Å². The Hall–Kier alpha value is -1.42. The molecule has 1 aliphatic rings. The molecule has 110 valence electrons. The average Bonchev–Trinajstić information content (AvgIpc) is 2.44. The van der Waals surface area contributed by atoms with Crippen LogP contribution in [-0.4, -0.2) is 37.0 Å². The van der Waals surface area contributed by atoms with Crippen LogP contribution in [0.5, 0.6) is 0 Å². The molecule has 1 fully saturated rings. The Morgan fingerprint density at radius 2 is 2.05 bits per heavy atom. The van der Waals surface area contributed by atoms with Crippen molar-refractivity contribution < 1.29 is 9.18 Å². The first-order valence-electron chi connectivity index (χ1n) is 7.37. The average molecular weight is 278 g/mol. The van der Waals surface area contributed by atoms with Crippen LogP contribution >= 0.6 is 0 Å². The fraction of sp³-hybridized carbons (Fsp3) is 0.562. The Labute approximate surface area is 120 Å². The van der Waals surface area contributed by atoms with Gasteiger partial charge in [-0.1, -0.05) is 6.92 Å². The predicted octanol–water partition coefficient (Wildman–Crippen LogP) is 2.60. The third-order valence-electron chi connectivity index (χ3n) is 3.87. The van der Waals surface area contributed by atoms with Crippen molar-refractivity contribution in [3.05, 3.63) is 35.1 Å². The number of carbonyl (C=O) groups is 1. The molecule has 1 saturated heterocycles. The number of nitrogens with zero attached hydrogens (tertiary/aromatic N) is 1. The Kier molecular flexibility index (Phi) is 5.12. The lowest BCUT2D eigenvalue weighted by molar-refractivity contribution is 0.0689. The Bertz CT molecular complexity index is 447. The fourth-order valence-corrected chi connectivity index (χ4v) is 2.73. The zero-order chi connectivity index (χ0) is 14.5. The molecule has 2 rings (SSSR count). The number of likely N-dealkylation sites (tertiary alicyclic amines) is 1. The van der Waals surface area contributed by atoms with Crippen molar-refractivity contribution >= 4 is 5.91 Å². The fourth-order valence-electron chi connectivity index (χ4n) is 2.73. The van der Waals surface area contributed by atoms with E-state index in [1.807, 2.05) is 11.8 Å². The molecule has 4 heteroatoms. The second-order valence-electron chi connectivity index (χ2n) is 5.56. The minimum Gasteiger partial charge on any atom is -0.339 e. The van der Waals surface area contributed by atoms with Crippen molar-refractivity contribution in [2.24, 2.45) is 5.92 Å². The van der Waals surface area contributed by atoms with E-state index in [1.165, 1.54) is 12.1 Å². The van der Waals surface area contributed by atoms with Crippen LogP contribution in [0.3, 0.4) is 0 Å². The van der Waals surface area contributed by atoms with E-state index in [0.29, 0.717) is 11.5 Å². The summed E-state index contributed by atoms with van der Waals surface area (Å²) in [4.78, 5) is 14.2. The molecule has 1 aromatic rings. The molecule has 1 aliphatic heterocycles. The maximum Gasteiger partial charge on any atom is 0.253 e. The maximum atomic E-state index is 13.4. The molecule has 0 bridgehead atoms. The number of halogens is 1. The van der Waals surface area contributed by atoms with Crippen LogP contribution in [0, 0.1) is 18.7 Å². The molecule has 0 spiro atoms. The Morgan fingerprint density at radius 1 is 1.35 bits per heavy atom. The first kappa shape index (κ1) is 15.0. The minimum atomic E-state index is -0.338. The summed E-state index contributed by atoms with van der Waals surface area (Å²) >= 11 is 0. The van der Waals surface area contributed by atoms with E-state index in [0.717, 1.165) is 44.6 Å². The van der Waals surface area contributed by atoms with Crippen molar-refractivity contribution in [2.75, 3.05) is 26.2 Å². The maximum absolute atomic E-state index is 13.4. The summed E-state index contributed by atoms with van der Waals surface area (Å²) in [6.45, 7) is 7.46. The van der Waals surface area contributed by atoms with Gasteiger partial charge in [-0.3, -0.25) is 4.79 Å². The molecule has 0 radical (unpaired) electrons. The number of carbonyl (C=O) groups excluding carboxylic acids is 1. The number of piperidine rings is 1. The highest BCUT2D eigenvalue weighted by Crippen LogP contribution is 2.19. The van der Waals surface area contributed by atoms with E-state index in [9.17, 15) is 9.18 Å². The quantitative estimate of drug-likeness (QED) is 0.918. The second kappa shape index (κ2) is 6.84. The predicted molar refractivity (Wildman–Crippen MR) is 78.3 cm³/mol. The van der Waals surface area contributed by atoms with Gasteiger partial charge in [-0.15, -0.1) is 0 Å². The molecule has 0 saturated carbocycles. The first-order valence-corrected chi connectivity index (χ1v) is 7.37. The van der Waals surface area contributed by atoms with Gasteiger partial charge in [-0.25, -0.2) is 4.39 Å². The van der Waals surface area contributed by atoms with E-state index >= 15 is 0 Å². The van der Waals surface area contributed by atoms with Gasteiger partial charge in [0.1, 0.15) is 5.82 Å². The van der Waals surface area contributed by atoms with Crippen molar-refractivity contribution in [1.82, 2.24) is 10.2 Å². The molecule has 0 unspecified atom stereocenters. The topological polar surface area (TPSA) is 32.3 Å². The molecule has 1 heterocycles. The molecule has 0 aromatic heterocycles. The highest BCUT2D eigenvalue weighted by molar-refractivity contribution is 5.94. The van der Waals surface area contributed by atoms with Crippen LogP contribution in [0.15, 0.2) is 18.2 Å². The van der Waals surface area contributed by atoms with Gasteiger partial charge in [-0.2, -0.15) is 0 Å². The van der Waals surface area contributed by atoms with E-state index in [-0.39, 0.29) is 11.7 Å². The number of amides is 1. The van der Waals surface area contributed by atoms with Crippen molar-refractivity contribution in [1.29, 1.82) is 0 Å². The summed E-state index contributed by atoms with van der Waals surface area (Å²) in [5, 5.41) is 3.36. The number of hydrogen-bond donors (Lipinski definition) is 1. The summed E-state index contributed by atoms with van der Waals surface area (Å²) in [6.07, 6.45) is 2.04. The van der Waals surface area contributed by atoms with Crippen LogP contribution in [0.25, 0.3) is 0 Å².